The van der Waals surface area contributed by atoms with E-state index in [1.54, 1.807) is 17.9 Å². The minimum absolute atomic E-state index is 0.0974. The summed E-state index contributed by atoms with van der Waals surface area (Å²) in [5.41, 5.74) is 4.88. The van der Waals surface area contributed by atoms with Gasteiger partial charge >= 0.3 is 6.03 Å². The van der Waals surface area contributed by atoms with Crippen LogP contribution < -0.4 is 5.32 Å². The smallest absolute Gasteiger partial charge is 0.322 e. The number of urea groups is 1. The van der Waals surface area contributed by atoms with Gasteiger partial charge in [-0.2, -0.15) is 0 Å². The van der Waals surface area contributed by atoms with Crippen molar-refractivity contribution in [3.63, 3.8) is 0 Å². The van der Waals surface area contributed by atoms with Gasteiger partial charge in [0.05, 0.1) is 7.11 Å². The third-order valence-electron chi connectivity index (χ3n) is 5.44. The van der Waals surface area contributed by atoms with Crippen molar-refractivity contribution in [1.29, 1.82) is 0 Å². The van der Waals surface area contributed by atoms with Gasteiger partial charge in [-0.25, -0.2) is 9.18 Å². The first kappa shape index (κ1) is 26.6. The second-order valence-electron chi connectivity index (χ2n) is 7.55. The monoisotopic (exact) mass is 469 g/mol. The molecule has 0 unspecified atom stereocenters. The van der Waals surface area contributed by atoms with Crippen molar-refractivity contribution < 1.29 is 23.5 Å². The van der Waals surface area contributed by atoms with Crippen LogP contribution in [0, 0.1) is 5.82 Å². The highest BCUT2D eigenvalue weighted by Gasteiger charge is 2.23. The summed E-state index contributed by atoms with van der Waals surface area (Å²) in [6.07, 6.45) is 2.91. The average Bonchev–Trinajstić information content (AvgIpc) is 3.29. The summed E-state index contributed by atoms with van der Waals surface area (Å²) in [5, 5.41) is 2.91. The molecule has 0 fully saturated rings. The Kier molecular flexibility index (Phi) is 10.3. The van der Waals surface area contributed by atoms with E-state index in [-0.39, 0.29) is 17.8 Å². The molecule has 0 saturated carbocycles. The molecular weight excluding hydrogens is 437 g/mol. The molecule has 7 nitrogen and oxygen atoms in total. The van der Waals surface area contributed by atoms with Crippen molar-refractivity contribution in [2.75, 3.05) is 25.5 Å². The Hall–Kier alpha value is -3.68. The van der Waals surface area contributed by atoms with Gasteiger partial charge in [0.2, 0.25) is 5.91 Å². The van der Waals surface area contributed by atoms with Crippen molar-refractivity contribution in [3.05, 3.63) is 71.0 Å². The van der Waals surface area contributed by atoms with Crippen molar-refractivity contribution >= 4 is 29.7 Å². The second kappa shape index (κ2) is 13.1. The maximum atomic E-state index is 13.3. The summed E-state index contributed by atoms with van der Waals surface area (Å²) in [6, 6.07) is 12.2. The number of nitrogens with zero attached hydrogens (tertiary/aromatic N) is 2. The van der Waals surface area contributed by atoms with Gasteiger partial charge in [-0.05, 0) is 52.9 Å². The molecule has 0 bridgehead atoms. The van der Waals surface area contributed by atoms with Crippen LogP contribution in [0.4, 0.5) is 14.9 Å². The Morgan fingerprint density at radius 1 is 1.03 bits per heavy atom. The molecule has 2 aromatic rings. The van der Waals surface area contributed by atoms with Crippen molar-refractivity contribution in [2.45, 2.75) is 40.3 Å². The van der Waals surface area contributed by atoms with Gasteiger partial charge in [0.25, 0.3) is 6.47 Å². The van der Waals surface area contributed by atoms with Gasteiger partial charge in [-0.3, -0.25) is 9.59 Å². The van der Waals surface area contributed by atoms with Gasteiger partial charge in [0.15, 0.2) is 0 Å². The van der Waals surface area contributed by atoms with Crippen molar-refractivity contribution in [3.8, 4) is 0 Å². The summed E-state index contributed by atoms with van der Waals surface area (Å²) in [6.45, 7) is 8.23. The molecule has 3 amide bonds. The molecule has 182 valence electrons. The van der Waals surface area contributed by atoms with E-state index < -0.39 is 0 Å². The van der Waals surface area contributed by atoms with Crippen molar-refractivity contribution in [2.24, 2.45) is 0 Å². The number of nitrogens with one attached hydrogen (secondary N) is 1. The number of methoxy groups -OCH3 is 1. The number of amides is 3. The molecule has 0 saturated heterocycles. The standard InChI is InChI=1S/C22H22FN3O2.C2H4O2.C2H6/c1-15(27)25-10-8-17(9-11-25)16-3-6-21(7-4-16)24-22(28)26-13-18-2-5-20(23)12-19(18)14-26;1-4-2-3;1-2/h2-8,12H,9-11,13-14H2,1H3,(H,24,28);2H,1H3;1-2H3. The molecule has 2 heterocycles. The molecule has 0 spiro atoms. The Balaban J connectivity index is 0.000000618. The van der Waals surface area contributed by atoms with Crippen LogP contribution in [0.15, 0.2) is 48.5 Å². The normalized spacial score (nSPS) is 13.9. The van der Waals surface area contributed by atoms with Crippen LogP contribution in [-0.2, 0) is 27.4 Å². The largest absolute Gasteiger partial charge is 0.471 e. The molecule has 0 aromatic heterocycles. The van der Waals surface area contributed by atoms with Gasteiger partial charge in [-0.15, -0.1) is 0 Å². The van der Waals surface area contributed by atoms with E-state index in [1.165, 1.54) is 24.8 Å². The minimum atomic E-state index is -0.278. The topological polar surface area (TPSA) is 79.0 Å². The first-order valence-corrected chi connectivity index (χ1v) is 11.3. The van der Waals surface area contributed by atoms with E-state index in [0.29, 0.717) is 26.1 Å². The zero-order valence-electron chi connectivity index (χ0n) is 20.1. The lowest BCUT2D eigenvalue weighted by molar-refractivity contribution is -0.128. The van der Waals surface area contributed by atoms with Crippen LogP contribution in [0.25, 0.3) is 5.57 Å². The Morgan fingerprint density at radius 2 is 1.68 bits per heavy atom. The number of ether oxygens (including phenoxy) is 1. The molecule has 34 heavy (non-hydrogen) atoms. The maximum Gasteiger partial charge on any atom is 0.322 e. The fraction of sp³-hybridized carbons (Fsp3) is 0.346. The third kappa shape index (κ3) is 7.16. The van der Waals surface area contributed by atoms with Crippen LogP contribution in [0.2, 0.25) is 0 Å². The first-order chi connectivity index (χ1) is 16.4. The summed E-state index contributed by atoms with van der Waals surface area (Å²) < 4.78 is 17.2. The Labute approximate surface area is 200 Å². The number of halogens is 1. The lowest BCUT2D eigenvalue weighted by atomic mass is 9.99. The first-order valence-electron chi connectivity index (χ1n) is 11.3. The van der Waals surface area contributed by atoms with Gasteiger partial charge < -0.3 is 19.9 Å². The predicted molar refractivity (Wildman–Crippen MR) is 130 cm³/mol. The maximum absolute atomic E-state index is 13.3. The Bertz CT molecular complexity index is 1020. The van der Waals surface area contributed by atoms with Crippen LogP contribution >= 0.6 is 0 Å². The molecule has 0 atom stereocenters. The number of anilines is 1. The van der Waals surface area contributed by atoms with E-state index in [0.717, 1.165) is 35.3 Å². The lowest BCUT2D eigenvalue weighted by Gasteiger charge is -2.25. The number of carbonyl (C=O) groups excluding carboxylic acids is 3. The van der Waals surface area contributed by atoms with E-state index in [4.69, 9.17) is 4.79 Å². The summed E-state index contributed by atoms with van der Waals surface area (Å²) >= 11 is 0. The van der Waals surface area contributed by atoms with Gasteiger partial charge in [0, 0.05) is 38.8 Å². The molecule has 0 radical (unpaired) electrons. The van der Waals surface area contributed by atoms with E-state index >= 15 is 0 Å². The summed E-state index contributed by atoms with van der Waals surface area (Å²) in [7, 11) is 1.31. The zero-order valence-corrected chi connectivity index (χ0v) is 20.1. The molecule has 2 aliphatic rings. The number of rotatable bonds is 3. The number of benzene rings is 2. The number of fused-ring (bicyclic) bond motifs is 1. The number of hydrogen-bond donors (Lipinski definition) is 1. The fourth-order valence-electron chi connectivity index (χ4n) is 3.69. The molecule has 4 rings (SSSR count). The second-order valence-corrected chi connectivity index (χ2v) is 7.55. The molecular formula is C26H32FN3O4. The number of carbonyl (C=O) groups is 3. The van der Waals surface area contributed by atoms with Crippen molar-refractivity contribution in [1.82, 2.24) is 9.80 Å². The zero-order chi connectivity index (χ0) is 25.1. The SMILES string of the molecule is CC.CC(=O)N1CC=C(c2ccc(NC(=O)N3Cc4ccc(F)cc4C3)cc2)CC1.COC=O. The highest BCUT2D eigenvalue weighted by atomic mass is 19.1. The average molecular weight is 470 g/mol. The van der Waals surface area contributed by atoms with E-state index in [2.05, 4.69) is 16.1 Å². The fourth-order valence-corrected chi connectivity index (χ4v) is 3.69. The Morgan fingerprint density at radius 3 is 2.24 bits per heavy atom. The number of hydrogen-bond acceptors (Lipinski definition) is 4. The van der Waals surface area contributed by atoms with E-state index in [9.17, 15) is 14.0 Å². The highest BCUT2D eigenvalue weighted by molar-refractivity contribution is 5.90. The highest BCUT2D eigenvalue weighted by Crippen LogP contribution is 2.26. The lowest BCUT2D eigenvalue weighted by Crippen LogP contribution is -2.32. The molecule has 1 N–H and O–H groups in total. The summed E-state index contributed by atoms with van der Waals surface area (Å²) in [5.74, 6) is -0.180. The van der Waals surface area contributed by atoms with Gasteiger partial charge in [0.1, 0.15) is 5.82 Å². The van der Waals surface area contributed by atoms with Crippen LogP contribution in [0.1, 0.15) is 43.9 Å². The van der Waals surface area contributed by atoms with Crippen LogP contribution in [0.5, 0.6) is 0 Å². The summed E-state index contributed by atoms with van der Waals surface area (Å²) in [4.78, 5) is 36.4. The predicted octanol–water partition coefficient (Wildman–Crippen LogP) is 4.82. The van der Waals surface area contributed by atoms with Crippen LogP contribution in [-0.4, -0.2) is 48.4 Å². The molecule has 2 aromatic carbocycles. The van der Waals surface area contributed by atoms with Crippen LogP contribution in [0.3, 0.4) is 0 Å². The van der Waals surface area contributed by atoms with Gasteiger partial charge in [-0.1, -0.05) is 38.1 Å². The van der Waals surface area contributed by atoms with E-state index in [1.807, 2.05) is 43.0 Å². The third-order valence-corrected chi connectivity index (χ3v) is 5.44. The molecule has 8 heteroatoms. The quantitative estimate of drug-likeness (QED) is 0.654. The molecule has 2 aliphatic heterocycles. The molecule has 0 aliphatic carbocycles. The minimum Gasteiger partial charge on any atom is -0.471 e.